The molecule has 1 aromatic carbocycles. The van der Waals surface area contributed by atoms with Crippen molar-refractivity contribution in [3.63, 3.8) is 0 Å². The zero-order valence-corrected chi connectivity index (χ0v) is 15.1. The summed E-state index contributed by atoms with van der Waals surface area (Å²) < 4.78 is 0. The monoisotopic (exact) mass is 374 g/mol. The fourth-order valence-corrected chi connectivity index (χ4v) is 6.05. The Bertz CT molecular complexity index is 702. The molecule has 3 aliphatic carbocycles. The highest BCUT2D eigenvalue weighted by atomic mass is 79.9. The summed E-state index contributed by atoms with van der Waals surface area (Å²) in [4.78, 5) is 2.83. The van der Waals surface area contributed by atoms with Gasteiger partial charge in [0.25, 0.3) is 0 Å². The van der Waals surface area contributed by atoms with Crippen LogP contribution in [0.1, 0.15) is 61.6 Å². The van der Waals surface area contributed by atoms with E-state index in [1.807, 2.05) is 12.1 Å². The number of aliphatic hydroxyl groups is 1. The van der Waals surface area contributed by atoms with E-state index in [0.29, 0.717) is 23.5 Å². The molecular weight excluding hydrogens is 352 g/mol. The van der Waals surface area contributed by atoms with Gasteiger partial charge in [-0.15, -0.1) is 0 Å². The Hall–Kier alpha value is -0.980. The third-order valence-corrected chi connectivity index (χ3v) is 7.14. The molecular formula is C20H23BrO2. The molecule has 0 spiro atoms. The Kier molecular flexibility index (Phi) is 3.74. The molecule has 4 rings (SSSR count). The number of aliphatic hydroxyl groups excluding tert-OH is 1. The molecule has 2 fully saturated rings. The highest BCUT2D eigenvalue weighted by molar-refractivity contribution is 9.12. The van der Waals surface area contributed by atoms with Crippen molar-refractivity contribution in [2.75, 3.05) is 0 Å². The predicted molar refractivity (Wildman–Crippen MR) is 94.5 cm³/mol. The maximum atomic E-state index is 10.5. The predicted octanol–water partition coefficient (Wildman–Crippen LogP) is 4.31. The van der Waals surface area contributed by atoms with E-state index in [2.05, 4.69) is 33.6 Å². The van der Waals surface area contributed by atoms with Crippen LogP contribution in [0.2, 0.25) is 0 Å². The van der Waals surface area contributed by atoms with Gasteiger partial charge in [0, 0.05) is 21.5 Å². The van der Waals surface area contributed by atoms with Gasteiger partial charge >= 0.3 is 0 Å². The molecule has 5 atom stereocenters. The van der Waals surface area contributed by atoms with Crippen molar-refractivity contribution >= 4 is 15.9 Å². The molecule has 2 nitrogen and oxygen atoms in total. The zero-order valence-electron chi connectivity index (χ0n) is 13.5. The van der Waals surface area contributed by atoms with Gasteiger partial charge in [-0.25, -0.2) is 0 Å². The molecule has 0 heterocycles. The number of aryl methyl sites for hydroxylation is 1. The number of hydrogen-bond donors (Lipinski definition) is 2. The zero-order chi connectivity index (χ0) is 16.2. The van der Waals surface area contributed by atoms with E-state index in [1.165, 1.54) is 17.5 Å². The van der Waals surface area contributed by atoms with Gasteiger partial charge in [0.1, 0.15) is 5.75 Å². The number of halogens is 1. The number of benzene rings is 1. The highest BCUT2D eigenvalue weighted by Crippen LogP contribution is 2.61. The normalized spacial score (nSPS) is 38.0. The van der Waals surface area contributed by atoms with Gasteiger partial charge in [0.2, 0.25) is 0 Å². The van der Waals surface area contributed by atoms with Crippen LogP contribution in [0.25, 0.3) is 0 Å². The standard InChI is InChI=1S/C20H23BrO2/c1-20-8-6-16-15(17(20)4-5-18(20)23)3-2-12-10-14(22)11-13(7-9-21)19(12)16/h10-11,15-18,22-23H,2-6,8H2,1H3/t15-,16+,17+,18+,20+/m1/s1. The van der Waals surface area contributed by atoms with E-state index in [0.717, 1.165) is 37.7 Å². The maximum absolute atomic E-state index is 10.5. The van der Waals surface area contributed by atoms with Gasteiger partial charge in [-0.05, 0) is 89.8 Å². The van der Waals surface area contributed by atoms with E-state index in [1.54, 1.807) is 0 Å². The lowest BCUT2D eigenvalue weighted by Gasteiger charge is -2.50. The molecule has 3 aliphatic rings. The molecule has 3 heteroatoms. The first kappa shape index (κ1) is 15.5. The van der Waals surface area contributed by atoms with Gasteiger partial charge in [-0.2, -0.15) is 0 Å². The maximum Gasteiger partial charge on any atom is 0.117 e. The molecule has 23 heavy (non-hydrogen) atoms. The summed E-state index contributed by atoms with van der Waals surface area (Å²) >= 11 is 3.21. The fourth-order valence-electron chi connectivity index (χ4n) is 5.84. The largest absolute Gasteiger partial charge is 0.508 e. The summed E-state index contributed by atoms with van der Waals surface area (Å²) in [5, 5.41) is 20.5. The number of fused-ring (bicyclic) bond motifs is 5. The van der Waals surface area contributed by atoms with Crippen LogP contribution < -0.4 is 0 Å². The Labute approximate surface area is 146 Å². The first-order chi connectivity index (χ1) is 11.0. The van der Waals surface area contributed by atoms with Crippen LogP contribution >= 0.6 is 15.9 Å². The van der Waals surface area contributed by atoms with Crippen LogP contribution in [0.3, 0.4) is 0 Å². The number of phenolic OH excluding ortho intramolecular Hbond substituents is 1. The fraction of sp³-hybridized carbons (Fsp3) is 0.600. The van der Waals surface area contributed by atoms with Crippen LogP contribution in [-0.2, 0) is 6.42 Å². The lowest BCUT2D eigenvalue weighted by Crippen LogP contribution is -2.44. The van der Waals surface area contributed by atoms with Crippen molar-refractivity contribution in [3.8, 4) is 16.5 Å². The first-order valence-corrected chi connectivity index (χ1v) is 9.49. The van der Waals surface area contributed by atoms with Gasteiger partial charge in [0.15, 0.2) is 0 Å². The van der Waals surface area contributed by atoms with Gasteiger partial charge in [-0.3, -0.25) is 0 Å². The van der Waals surface area contributed by atoms with Crippen molar-refractivity contribution in [2.24, 2.45) is 17.3 Å². The van der Waals surface area contributed by atoms with E-state index >= 15 is 0 Å². The average molecular weight is 375 g/mol. The second-order valence-electron chi connectivity index (χ2n) is 7.84. The summed E-state index contributed by atoms with van der Waals surface area (Å²) in [5.41, 5.74) is 3.73. The van der Waals surface area contributed by atoms with E-state index in [4.69, 9.17) is 0 Å². The Morgan fingerprint density at radius 3 is 2.83 bits per heavy atom. The molecule has 0 saturated heterocycles. The summed E-state index contributed by atoms with van der Waals surface area (Å²) in [6.07, 6.45) is 6.41. The smallest absolute Gasteiger partial charge is 0.117 e. The minimum atomic E-state index is -0.128. The topological polar surface area (TPSA) is 40.5 Å². The quantitative estimate of drug-likeness (QED) is 0.664. The summed E-state index contributed by atoms with van der Waals surface area (Å²) in [5.74, 6) is 5.28. The van der Waals surface area contributed by atoms with Crippen LogP contribution in [0.4, 0.5) is 0 Å². The Morgan fingerprint density at radius 2 is 2.04 bits per heavy atom. The van der Waals surface area contributed by atoms with Crippen LogP contribution in [-0.4, -0.2) is 16.3 Å². The molecule has 1 aromatic rings. The second kappa shape index (κ2) is 5.53. The van der Waals surface area contributed by atoms with Crippen molar-refractivity contribution in [1.82, 2.24) is 0 Å². The molecule has 0 radical (unpaired) electrons. The average Bonchev–Trinajstić information content (AvgIpc) is 2.82. The van der Waals surface area contributed by atoms with Crippen molar-refractivity contribution in [1.29, 1.82) is 0 Å². The van der Waals surface area contributed by atoms with Crippen LogP contribution in [0.15, 0.2) is 12.1 Å². The van der Waals surface area contributed by atoms with Crippen molar-refractivity contribution in [3.05, 3.63) is 28.8 Å². The second-order valence-corrected chi connectivity index (χ2v) is 8.24. The molecule has 0 bridgehead atoms. The summed E-state index contributed by atoms with van der Waals surface area (Å²) in [6, 6.07) is 3.75. The lowest BCUT2D eigenvalue weighted by molar-refractivity contribution is -0.0226. The van der Waals surface area contributed by atoms with E-state index < -0.39 is 0 Å². The molecule has 2 saturated carbocycles. The Morgan fingerprint density at radius 1 is 1.22 bits per heavy atom. The van der Waals surface area contributed by atoms with Crippen LogP contribution in [0, 0.1) is 28.0 Å². The van der Waals surface area contributed by atoms with Gasteiger partial charge in [-0.1, -0.05) is 12.8 Å². The molecule has 122 valence electrons. The van der Waals surface area contributed by atoms with Gasteiger partial charge in [0.05, 0.1) is 6.10 Å². The SMILES string of the molecule is C[C@]12CC[C@@H]3c4c(C#CBr)cc(O)cc4CC[C@H]3[C@@H]1CC[C@@H]2O. The third-order valence-electron chi connectivity index (χ3n) is 6.94. The number of aromatic hydroxyl groups is 1. The third kappa shape index (κ3) is 2.26. The number of rotatable bonds is 0. The highest BCUT2D eigenvalue weighted by Gasteiger charge is 2.54. The van der Waals surface area contributed by atoms with E-state index in [9.17, 15) is 10.2 Å². The van der Waals surface area contributed by atoms with Gasteiger partial charge < -0.3 is 10.2 Å². The molecule has 0 amide bonds. The van der Waals surface area contributed by atoms with Crippen LogP contribution in [0.5, 0.6) is 5.75 Å². The summed E-state index contributed by atoms with van der Waals surface area (Å²) in [7, 11) is 0. The molecule has 2 N–H and O–H groups in total. The number of hydrogen-bond acceptors (Lipinski definition) is 2. The first-order valence-electron chi connectivity index (χ1n) is 8.70. The minimum absolute atomic E-state index is 0.108. The summed E-state index contributed by atoms with van der Waals surface area (Å²) in [6.45, 7) is 2.30. The molecule has 0 aliphatic heterocycles. The van der Waals surface area contributed by atoms with Crippen molar-refractivity contribution < 1.29 is 10.2 Å². The van der Waals surface area contributed by atoms with E-state index in [-0.39, 0.29) is 11.5 Å². The Balaban J connectivity index is 1.78. The van der Waals surface area contributed by atoms with Crippen molar-refractivity contribution in [2.45, 2.75) is 57.5 Å². The molecule has 0 aromatic heterocycles. The molecule has 0 unspecified atom stereocenters. The lowest BCUT2D eigenvalue weighted by atomic mass is 9.55. The number of phenols is 1. The minimum Gasteiger partial charge on any atom is -0.508 e.